The van der Waals surface area contributed by atoms with Crippen LogP contribution in [0.15, 0.2) is 84.9 Å². The number of hydrogen-bond acceptors (Lipinski definition) is 5. The summed E-state index contributed by atoms with van der Waals surface area (Å²) in [7, 11) is 0. The van der Waals surface area contributed by atoms with E-state index in [1.165, 1.54) is 28.9 Å². The molecular weight excluding hydrogens is 385 g/mol. The van der Waals surface area contributed by atoms with Gasteiger partial charge in [0.1, 0.15) is 5.82 Å². The van der Waals surface area contributed by atoms with E-state index in [9.17, 15) is 14.0 Å². The predicted octanol–water partition coefficient (Wildman–Crippen LogP) is 4.11. The normalized spacial score (nSPS) is 10.6. The highest BCUT2D eigenvalue weighted by Gasteiger charge is 2.21. The third-order valence-corrected chi connectivity index (χ3v) is 4.33. The summed E-state index contributed by atoms with van der Waals surface area (Å²) in [5.74, 6) is -1.93. The van der Waals surface area contributed by atoms with Crippen molar-refractivity contribution in [3.05, 3.63) is 102 Å². The van der Waals surface area contributed by atoms with Crippen LogP contribution in [-0.2, 0) is 4.74 Å². The first-order chi connectivity index (χ1) is 14.6. The van der Waals surface area contributed by atoms with Gasteiger partial charge in [0.2, 0.25) is 5.78 Å². The maximum atomic E-state index is 13.7. The van der Waals surface area contributed by atoms with Crippen molar-refractivity contribution in [3.8, 4) is 17.1 Å². The summed E-state index contributed by atoms with van der Waals surface area (Å²) in [4.78, 5) is 29.0. The highest BCUT2D eigenvalue weighted by Crippen LogP contribution is 2.21. The third kappa shape index (κ3) is 4.00. The molecule has 0 atom stereocenters. The zero-order valence-electron chi connectivity index (χ0n) is 15.7. The number of Topliss-reactive ketones (excluding diaryl/α,β-unsaturated/α-hetero) is 1. The quantitative estimate of drug-likeness (QED) is 0.359. The third-order valence-electron chi connectivity index (χ3n) is 4.33. The molecule has 1 heterocycles. The van der Waals surface area contributed by atoms with Gasteiger partial charge in [0.15, 0.2) is 12.4 Å². The second-order valence-corrected chi connectivity index (χ2v) is 6.35. The van der Waals surface area contributed by atoms with Crippen molar-refractivity contribution in [2.45, 2.75) is 0 Å². The molecule has 0 amide bonds. The van der Waals surface area contributed by atoms with E-state index in [-0.39, 0.29) is 11.4 Å². The van der Waals surface area contributed by atoms with Crippen LogP contribution in [-0.4, -0.2) is 33.1 Å². The highest BCUT2D eigenvalue weighted by atomic mass is 19.1. The minimum absolute atomic E-state index is 0.141. The first kappa shape index (κ1) is 19.2. The van der Waals surface area contributed by atoms with E-state index in [1.807, 2.05) is 60.7 Å². The molecular formula is C23H16FN3O3. The van der Waals surface area contributed by atoms with Crippen molar-refractivity contribution in [1.82, 2.24) is 14.8 Å². The van der Waals surface area contributed by atoms with Crippen LogP contribution < -0.4 is 0 Å². The summed E-state index contributed by atoms with van der Waals surface area (Å²) < 4.78 is 20.3. The molecule has 6 nitrogen and oxygen atoms in total. The molecule has 0 spiro atoms. The molecule has 0 saturated carbocycles. The SMILES string of the molecule is O=C(OCC(=O)c1ccccc1F)c1nc(-c2ccccc2)n(-c2ccccc2)n1. The Bertz CT molecular complexity index is 1130. The van der Waals surface area contributed by atoms with Crippen LogP contribution in [0.1, 0.15) is 21.0 Å². The lowest BCUT2D eigenvalue weighted by Gasteiger charge is -2.05. The maximum absolute atomic E-state index is 13.7. The topological polar surface area (TPSA) is 74.1 Å². The number of aromatic nitrogens is 3. The van der Waals surface area contributed by atoms with Crippen LogP contribution in [0.5, 0.6) is 0 Å². The largest absolute Gasteiger partial charge is 0.451 e. The van der Waals surface area contributed by atoms with Gasteiger partial charge >= 0.3 is 5.97 Å². The standard InChI is InChI=1S/C23H16FN3O3/c24-19-14-8-7-13-18(19)20(28)15-30-23(29)21-25-22(16-9-3-1-4-10-16)27(26-21)17-11-5-2-6-12-17/h1-14H,15H2. The number of nitrogens with zero attached hydrogens (tertiary/aromatic N) is 3. The zero-order valence-corrected chi connectivity index (χ0v) is 15.7. The molecule has 0 unspecified atom stereocenters. The number of ketones is 1. The van der Waals surface area contributed by atoms with Crippen molar-refractivity contribution >= 4 is 11.8 Å². The Kier molecular flexibility index (Phi) is 5.43. The van der Waals surface area contributed by atoms with Gasteiger partial charge in [-0.15, -0.1) is 5.10 Å². The molecule has 0 N–H and O–H groups in total. The van der Waals surface area contributed by atoms with Crippen LogP contribution >= 0.6 is 0 Å². The maximum Gasteiger partial charge on any atom is 0.378 e. The first-order valence-electron chi connectivity index (χ1n) is 9.16. The van der Waals surface area contributed by atoms with Crippen LogP contribution in [0.2, 0.25) is 0 Å². The van der Waals surface area contributed by atoms with Gasteiger partial charge in [-0.1, -0.05) is 60.7 Å². The highest BCUT2D eigenvalue weighted by molar-refractivity contribution is 5.99. The first-order valence-corrected chi connectivity index (χ1v) is 9.16. The van der Waals surface area contributed by atoms with Crippen LogP contribution in [0.3, 0.4) is 0 Å². The number of esters is 1. The fourth-order valence-corrected chi connectivity index (χ4v) is 2.88. The molecule has 1 aromatic heterocycles. The number of carbonyl (C=O) groups is 2. The lowest BCUT2D eigenvalue weighted by Crippen LogP contribution is -2.16. The molecule has 30 heavy (non-hydrogen) atoms. The van der Waals surface area contributed by atoms with E-state index in [2.05, 4.69) is 10.1 Å². The molecule has 0 aliphatic carbocycles. The van der Waals surface area contributed by atoms with Crippen LogP contribution in [0.4, 0.5) is 4.39 Å². The average Bonchev–Trinajstić information content (AvgIpc) is 3.24. The Morgan fingerprint density at radius 2 is 1.50 bits per heavy atom. The lowest BCUT2D eigenvalue weighted by molar-refractivity contribution is 0.0461. The molecule has 4 aromatic rings. The Morgan fingerprint density at radius 3 is 2.20 bits per heavy atom. The van der Waals surface area contributed by atoms with Crippen molar-refractivity contribution in [2.24, 2.45) is 0 Å². The summed E-state index contributed by atoms with van der Waals surface area (Å²) >= 11 is 0. The molecule has 0 saturated heterocycles. The van der Waals surface area contributed by atoms with Crippen molar-refractivity contribution in [2.75, 3.05) is 6.61 Å². The fourth-order valence-electron chi connectivity index (χ4n) is 2.88. The van der Waals surface area contributed by atoms with Crippen molar-refractivity contribution in [3.63, 3.8) is 0 Å². The monoisotopic (exact) mass is 401 g/mol. The van der Waals surface area contributed by atoms with E-state index >= 15 is 0 Å². The summed E-state index contributed by atoms with van der Waals surface area (Å²) in [5, 5.41) is 4.27. The smallest absolute Gasteiger partial charge is 0.378 e. The predicted molar refractivity (Wildman–Crippen MR) is 108 cm³/mol. The Morgan fingerprint density at radius 1 is 0.867 bits per heavy atom. The minimum Gasteiger partial charge on any atom is -0.451 e. The lowest BCUT2D eigenvalue weighted by atomic mass is 10.1. The van der Waals surface area contributed by atoms with Crippen LogP contribution in [0.25, 0.3) is 17.1 Å². The molecule has 148 valence electrons. The zero-order chi connectivity index (χ0) is 20.9. The van der Waals surface area contributed by atoms with Gasteiger partial charge in [-0.2, -0.15) is 0 Å². The number of ether oxygens (including phenoxy) is 1. The number of rotatable bonds is 6. The Balaban J connectivity index is 1.60. The van der Waals surface area contributed by atoms with E-state index in [0.29, 0.717) is 11.5 Å². The van der Waals surface area contributed by atoms with Gasteiger partial charge in [0.25, 0.3) is 5.82 Å². The summed E-state index contributed by atoms with van der Waals surface area (Å²) in [6.07, 6.45) is 0. The molecule has 0 aliphatic heterocycles. The number of halogens is 1. The van der Waals surface area contributed by atoms with Crippen LogP contribution in [0, 0.1) is 5.82 Å². The van der Waals surface area contributed by atoms with E-state index < -0.39 is 24.2 Å². The summed E-state index contributed by atoms with van der Waals surface area (Å²) in [6, 6.07) is 24.0. The number of hydrogen-bond donors (Lipinski definition) is 0. The molecule has 0 bridgehead atoms. The van der Waals surface area contributed by atoms with Crippen molar-refractivity contribution in [1.29, 1.82) is 0 Å². The summed E-state index contributed by atoms with van der Waals surface area (Å²) in [6.45, 7) is -0.611. The van der Waals surface area contributed by atoms with E-state index in [0.717, 1.165) is 5.56 Å². The second-order valence-electron chi connectivity index (χ2n) is 6.35. The van der Waals surface area contributed by atoms with Gasteiger partial charge in [-0.25, -0.2) is 18.9 Å². The second kappa shape index (κ2) is 8.48. The van der Waals surface area contributed by atoms with Gasteiger partial charge in [0, 0.05) is 5.56 Å². The van der Waals surface area contributed by atoms with Gasteiger partial charge in [-0.3, -0.25) is 4.79 Å². The van der Waals surface area contributed by atoms with Gasteiger partial charge in [-0.05, 0) is 24.3 Å². The Labute approximate surface area is 171 Å². The molecule has 0 radical (unpaired) electrons. The molecule has 4 rings (SSSR count). The Hall–Kier alpha value is -4.13. The van der Waals surface area contributed by atoms with E-state index in [1.54, 1.807) is 0 Å². The molecule has 0 aliphatic rings. The molecule has 0 fully saturated rings. The van der Waals surface area contributed by atoms with Crippen molar-refractivity contribution < 1.29 is 18.7 Å². The molecule has 3 aromatic carbocycles. The number of carbonyl (C=O) groups excluding carboxylic acids is 2. The molecule has 7 heteroatoms. The van der Waals surface area contributed by atoms with Gasteiger partial charge in [0.05, 0.1) is 11.3 Å². The fraction of sp³-hybridized carbons (Fsp3) is 0.0435. The van der Waals surface area contributed by atoms with E-state index in [4.69, 9.17) is 4.74 Å². The number of para-hydroxylation sites is 1. The van der Waals surface area contributed by atoms with Gasteiger partial charge < -0.3 is 4.74 Å². The summed E-state index contributed by atoms with van der Waals surface area (Å²) in [5.41, 5.74) is 1.33. The average molecular weight is 401 g/mol. The number of benzene rings is 3. The minimum atomic E-state index is -0.869.